The van der Waals surface area contributed by atoms with Gasteiger partial charge >= 0.3 is 0 Å². The van der Waals surface area contributed by atoms with Crippen LogP contribution in [-0.4, -0.2) is 54.4 Å². The highest BCUT2D eigenvalue weighted by atomic mass is 19.1. The number of pyridine rings is 1. The predicted octanol–water partition coefficient (Wildman–Crippen LogP) is 2.56. The van der Waals surface area contributed by atoms with Gasteiger partial charge in [0.15, 0.2) is 5.82 Å². The number of H-pyrrole nitrogens is 1. The van der Waals surface area contributed by atoms with Crippen LogP contribution in [0.1, 0.15) is 41.4 Å². The second kappa shape index (κ2) is 8.84. The van der Waals surface area contributed by atoms with Crippen molar-refractivity contribution < 1.29 is 9.50 Å². The molecule has 0 saturated carbocycles. The van der Waals surface area contributed by atoms with Gasteiger partial charge in [0, 0.05) is 24.2 Å². The fourth-order valence-electron chi connectivity index (χ4n) is 4.46. The number of nitrogens with one attached hydrogen (secondary N) is 1. The van der Waals surface area contributed by atoms with Crippen LogP contribution in [0.4, 0.5) is 4.39 Å². The lowest BCUT2D eigenvalue weighted by atomic mass is 9.99. The van der Waals surface area contributed by atoms with Gasteiger partial charge in [0.25, 0.3) is 5.56 Å². The van der Waals surface area contributed by atoms with Gasteiger partial charge in [-0.25, -0.2) is 9.07 Å². The normalized spacial score (nSPS) is 16.3. The molecule has 0 radical (unpaired) electrons. The fraction of sp³-hybridized carbons (Fsp3) is 0.333. The average Bonchev–Trinajstić information content (AvgIpc) is 3.25. The number of likely N-dealkylation sites (tertiary alicyclic amines) is 1. The molecule has 33 heavy (non-hydrogen) atoms. The molecule has 5 rings (SSSR count). The number of aromatic nitrogens is 5. The number of tetrazole rings is 1. The molecule has 1 atom stereocenters. The van der Waals surface area contributed by atoms with Gasteiger partial charge in [-0.15, -0.1) is 5.10 Å². The summed E-state index contributed by atoms with van der Waals surface area (Å²) in [6.07, 6.45) is 0.872. The largest absolute Gasteiger partial charge is 0.393 e. The van der Waals surface area contributed by atoms with Crippen LogP contribution >= 0.6 is 0 Å². The van der Waals surface area contributed by atoms with Gasteiger partial charge in [0.1, 0.15) is 11.9 Å². The lowest BCUT2D eigenvalue weighted by molar-refractivity contribution is 0.0659. The number of aryl methyl sites for hydroxylation is 1. The van der Waals surface area contributed by atoms with Gasteiger partial charge < -0.3 is 10.1 Å². The Morgan fingerprint density at radius 3 is 2.67 bits per heavy atom. The summed E-state index contributed by atoms with van der Waals surface area (Å²) in [4.78, 5) is 18.4. The Balaban J connectivity index is 1.60. The van der Waals surface area contributed by atoms with E-state index < -0.39 is 6.04 Å². The number of fused-ring (bicyclic) bond motifs is 1. The fourth-order valence-corrected chi connectivity index (χ4v) is 4.46. The Kier molecular flexibility index (Phi) is 5.74. The van der Waals surface area contributed by atoms with Crippen LogP contribution in [0.25, 0.3) is 10.9 Å². The first kappa shape index (κ1) is 21.4. The van der Waals surface area contributed by atoms with Crippen LogP contribution in [0.15, 0.2) is 53.3 Å². The van der Waals surface area contributed by atoms with Crippen LogP contribution < -0.4 is 5.56 Å². The summed E-state index contributed by atoms with van der Waals surface area (Å²) in [7, 11) is 0. The highest BCUT2D eigenvalue weighted by Gasteiger charge is 2.32. The molecule has 2 aromatic heterocycles. The van der Waals surface area contributed by atoms with E-state index in [4.69, 9.17) is 0 Å². The number of benzene rings is 2. The monoisotopic (exact) mass is 448 g/mol. The minimum absolute atomic E-state index is 0.194. The smallest absolute Gasteiger partial charge is 0.253 e. The summed E-state index contributed by atoms with van der Waals surface area (Å²) in [5.74, 6) is 0.228. The van der Waals surface area contributed by atoms with E-state index in [0.29, 0.717) is 43.9 Å². The Morgan fingerprint density at radius 1 is 1.15 bits per heavy atom. The van der Waals surface area contributed by atoms with Crippen molar-refractivity contribution in [2.75, 3.05) is 13.1 Å². The molecule has 1 fully saturated rings. The van der Waals surface area contributed by atoms with Crippen molar-refractivity contribution in [3.63, 3.8) is 0 Å². The molecule has 0 amide bonds. The summed E-state index contributed by atoms with van der Waals surface area (Å²) >= 11 is 0. The van der Waals surface area contributed by atoms with Gasteiger partial charge in [0.05, 0.1) is 12.6 Å². The van der Waals surface area contributed by atoms with Gasteiger partial charge in [0.2, 0.25) is 0 Å². The van der Waals surface area contributed by atoms with Gasteiger partial charge in [-0.3, -0.25) is 9.69 Å². The molecule has 0 aliphatic carbocycles. The zero-order valence-electron chi connectivity index (χ0n) is 18.3. The van der Waals surface area contributed by atoms with E-state index in [9.17, 15) is 14.3 Å². The van der Waals surface area contributed by atoms with E-state index in [1.165, 1.54) is 12.1 Å². The minimum atomic E-state index is -0.484. The lowest BCUT2D eigenvalue weighted by Crippen LogP contribution is -2.41. The predicted molar refractivity (Wildman–Crippen MR) is 121 cm³/mol. The van der Waals surface area contributed by atoms with Crippen molar-refractivity contribution in [2.45, 2.75) is 38.5 Å². The van der Waals surface area contributed by atoms with Gasteiger partial charge in [-0.05, 0) is 71.0 Å². The molecule has 9 heteroatoms. The SMILES string of the molecule is Cc1ccc2cc(C(c3nnnn3Cc3ccc(F)cc3)N3CCC(O)CC3)c(=O)[nH]c2c1. The molecule has 0 spiro atoms. The molecule has 2 aromatic carbocycles. The Hall–Kier alpha value is -3.43. The maximum atomic E-state index is 13.4. The molecule has 4 aromatic rings. The van der Waals surface area contributed by atoms with Crippen LogP contribution in [0, 0.1) is 12.7 Å². The summed E-state index contributed by atoms with van der Waals surface area (Å²) < 4.78 is 15.0. The first-order valence-corrected chi connectivity index (χ1v) is 11.0. The molecule has 1 unspecified atom stereocenters. The Bertz CT molecular complexity index is 1330. The molecule has 1 saturated heterocycles. The van der Waals surface area contributed by atoms with E-state index in [1.807, 2.05) is 31.2 Å². The van der Waals surface area contributed by atoms with E-state index >= 15 is 0 Å². The zero-order valence-corrected chi connectivity index (χ0v) is 18.3. The van der Waals surface area contributed by atoms with Crippen molar-refractivity contribution in [3.8, 4) is 0 Å². The average molecular weight is 449 g/mol. The number of hydrogen-bond acceptors (Lipinski definition) is 6. The third-order valence-corrected chi connectivity index (χ3v) is 6.24. The second-order valence-corrected chi connectivity index (χ2v) is 8.64. The Morgan fingerprint density at radius 2 is 1.91 bits per heavy atom. The van der Waals surface area contributed by atoms with Gasteiger partial charge in [-0.1, -0.05) is 24.3 Å². The van der Waals surface area contributed by atoms with Crippen LogP contribution in [0.3, 0.4) is 0 Å². The molecule has 2 N–H and O–H groups in total. The highest BCUT2D eigenvalue weighted by molar-refractivity contribution is 5.79. The summed E-state index contributed by atoms with van der Waals surface area (Å²) in [5.41, 5.74) is 3.05. The van der Waals surface area contributed by atoms with E-state index in [2.05, 4.69) is 25.4 Å². The topological polar surface area (TPSA) is 99.9 Å². The first-order valence-electron chi connectivity index (χ1n) is 11.0. The number of halogens is 1. The number of aromatic amines is 1. The summed E-state index contributed by atoms with van der Waals surface area (Å²) in [6.45, 7) is 3.55. The third kappa shape index (κ3) is 4.42. The van der Waals surface area contributed by atoms with E-state index in [1.54, 1.807) is 16.8 Å². The van der Waals surface area contributed by atoms with Crippen molar-refractivity contribution in [3.05, 3.63) is 87.2 Å². The molecule has 3 heterocycles. The van der Waals surface area contributed by atoms with Crippen LogP contribution in [0.5, 0.6) is 0 Å². The van der Waals surface area contributed by atoms with Gasteiger partial charge in [-0.2, -0.15) is 0 Å². The molecule has 1 aliphatic rings. The molecular weight excluding hydrogens is 423 g/mol. The number of aliphatic hydroxyl groups excluding tert-OH is 1. The highest BCUT2D eigenvalue weighted by Crippen LogP contribution is 2.29. The minimum Gasteiger partial charge on any atom is -0.393 e. The number of hydrogen-bond donors (Lipinski definition) is 2. The molecule has 0 bridgehead atoms. The van der Waals surface area contributed by atoms with Crippen LogP contribution in [-0.2, 0) is 6.54 Å². The first-order chi connectivity index (χ1) is 16.0. The van der Waals surface area contributed by atoms with Crippen molar-refractivity contribution in [1.82, 2.24) is 30.1 Å². The van der Waals surface area contributed by atoms with E-state index in [0.717, 1.165) is 22.0 Å². The van der Waals surface area contributed by atoms with E-state index in [-0.39, 0.29) is 17.5 Å². The van der Waals surface area contributed by atoms with Crippen molar-refractivity contribution in [2.24, 2.45) is 0 Å². The number of rotatable bonds is 5. The molecular formula is C24H25FN6O2. The maximum Gasteiger partial charge on any atom is 0.253 e. The third-order valence-electron chi connectivity index (χ3n) is 6.24. The number of aliphatic hydroxyl groups is 1. The standard InChI is InChI=1S/C24H25FN6O2/c1-15-2-5-17-13-20(24(33)26-21(17)12-15)22(30-10-8-19(32)9-11-30)23-27-28-29-31(23)14-16-3-6-18(25)7-4-16/h2-7,12-13,19,22,32H,8-11,14H2,1H3,(H,26,33). The number of nitrogens with zero attached hydrogens (tertiary/aromatic N) is 5. The summed E-state index contributed by atoms with van der Waals surface area (Å²) in [6, 6.07) is 13.6. The van der Waals surface area contributed by atoms with Crippen LogP contribution in [0.2, 0.25) is 0 Å². The molecule has 1 aliphatic heterocycles. The lowest BCUT2D eigenvalue weighted by Gasteiger charge is -2.35. The zero-order chi connectivity index (χ0) is 22.9. The molecule has 8 nitrogen and oxygen atoms in total. The number of piperidine rings is 1. The maximum absolute atomic E-state index is 13.4. The summed E-state index contributed by atoms with van der Waals surface area (Å²) in [5, 5.41) is 23.3. The van der Waals surface area contributed by atoms with Crippen molar-refractivity contribution in [1.29, 1.82) is 0 Å². The van der Waals surface area contributed by atoms with Crippen molar-refractivity contribution >= 4 is 10.9 Å². The Labute approximate surface area is 189 Å². The quantitative estimate of drug-likeness (QED) is 0.487. The second-order valence-electron chi connectivity index (χ2n) is 8.64. The molecule has 170 valence electrons.